The minimum absolute atomic E-state index is 0.00246. The minimum Gasteiger partial charge on any atom is -0.497 e. The van der Waals surface area contributed by atoms with Gasteiger partial charge < -0.3 is 14.5 Å². The molecule has 1 amide bonds. The van der Waals surface area contributed by atoms with E-state index in [4.69, 9.17) is 16.3 Å². The van der Waals surface area contributed by atoms with E-state index < -0.39 is 0 Å². The summed E-state index contributed by atoms with van der Waals surface area (Å²) < 4.78 is 6.87. The van der Waals surface area contributed by atoms with E-state index in [0.29, 0.717) is 23.8 Å². The summed E-state index contributed by atoms with van der Waals surface area (Å²) in [5.74, 6) is 0.844. The second-order valence-electron chi connectivity index (χ2n) is 7.03. The van der Waals surface area contributed by atoms with Gasteiger partial charge in [-0.1, -0.05) is 23.7 Å². The molecule has 0 N–H and O–H groups in total. The molecule has 150 valence electrons. The highest BCUT2D eigenvalue weighted by atomic mass is 35.5. The largest absolute Gasteiger partial charge is 0.497 e. The molecular formula is C22H23ClN4O2. The first kappa shape index (κ1) is 19.3. The molecule has 29 heavy (non-hydrogen) atoms. The number of benzene rings is 2. The first-order valence-corrected chi connectivity index (χ1v) is 9.91. The zero-order valence-electron chi connectivity index (χ0n) is 16.5. The topological polar surface area (TPSA) is 50.6 Å². The van der Waals surface area contributed by atoms with Crippen molar-refractivity contribution in [2.75, 3.05) is 38.2 Å². The molecular weight excluding hydrogens is 388 g/mol. The van der Waals surface area contributed by atoms with Gasteiger partial charge in [-0.3, -0.25) is 9.48 Å². The van der Waals surface area contributed by atoms with Gasteiger partial charge in [0.05, 0.1) is 12.8 Å². The van der Waals surface area contributed by atoms with E-state index >= 15 is 0 Å². The van der Waals surface area contributed by atoms with Crippen molar-refractivity contribution in [3.63, 3.8) is 0 Å². The number of carbonyl (C=O) groups is 1. The van der Waals surface area contributed by atoms with E-state index in [-0.39, 0.29) is 5.91 Å². The predicted octanol–water partition coefficient (Wildman–Crippen LogP) is 3.71. The standard InChI is InChI=1S/C22H23ClN4O2/c1-25-21(15-20(24-25)16-4-3-5-17(23)14-16)22(28)27-12-10-26(11-13-27)18-6-8-19(29-2)9-7-18/h3-9,14-15H,10-13H2,1-2H3. The van der Waals surface area contributed by atoms with Crippen LogP contribution in [0.2, 0.25) is 5.02 Å². The van der Waals surface area contributed by atoms with Gasteiger partial charge >= 0.3 is 0 Å². The first-order chi connectivity index (χ1) is 14.0. The van der Waals surface area contributed by atoms with Gasteiger partial charge in [0.15, 0.2) is 0 Å². The van der Waals surface area contributed by atoms with Crippen LogP contribution < -0.4 is 9.64 Å². The molecule has 0 unspecified atom stereocenters. The molecule has 4 rings (SSSR count). The molecule has 1 aliphatic rings. The van der Waals surface area contributed by atoms with Crippen LogP contribution in [-0.4, -0.2) is 53.9 Å². The maximum atomic E-state index is 13.1. The molecule has 7 heteroatoms. The van der Waals surface area contributed by atoms with Crippen LogP contribution in [0.3, 0.4) is 0 Å². The van der Waals surface area contributed by atoms with Crippen LogP contribution in [0.25, 0.3) is 11.3 Å². The zero-order valence-corrected chi connectivity index (χ0v) is 17.3. The highest BCUT2D eigenvalue weighted by Gasteiger charge is 2.25. The van der Waals surface area contributed by atoms with Crippen LogP contribution >= 0.6 is 11.6 Å². The van der Waals surface area contributed by atoms with Crippen molar-refractivity contribution >= 4 is 23.2 Å². The fraction of sp³-hybridized carbons (Fsp3) is 0.273. The van der Waals surface area contributed by atoms with Gasteiger partial charge in [-0.05, 0) is 42.5 Å². The lowest BCUT2D eigenvalue weighted by molar-refractivity contribution is 0.0735. The van der Waals surface area contributed by atoms with E-state index in [1.807, 2.05) is 47.4 Å². The van der Waals surface area contributed by atoms with Gasteiger partial charge in [-0.2, -0.15) is 5.10 Å². The number of ether oxygens (including phenoxy) is 1. The summed E-state index contributed by atoms with van der Waals surface area (Å²) in [4.78, 5) is 17.2. The van der Waals surface area contributed by atoms with Crippen LogP contribution in [0.1, 0.15) is 10.5 Å². The molecule has 1 saturated heterocycles. The summed E-state index contributed by atoms with van der Waals surface area (Å²) in [6.07, 6.45) is 0. The number of hydrogen-bond acceptors (Lipinski definition) is 4. The summed E-state index contributed by atoms with van der Waals surface area (Å²) >= 11 is 6.09. The number of methoxy groups -OCH3 is 1. The third kappa shape index (κ3) is 4.07. The Kier molecular flexibility index (Phi) is 5.45. The summed E-state index contributed by atoms with van der Waals surface area (Å²) in [5.41, 5.74) is 3.37. The third-order valence-electron chi connectivity index (χ3n) is 5.22. The average molecular weight is 411 g/mol. The van der Waals surface area contributed by atoms with E-state index in [9.17, 15) is 4.79 Å². The Hall–Kier alpha value is -2.99. The van der Waals surface area contributed by atoms with Crippen molar-refractivity contribution in [2.24, 2.45) is 7.05 Å². The first-order valence-electron chi connectivity index (χ1n) is 9.53. The summed E-state index contributed by atoms with van der Waals surface area (Å²) in [7, 11) is 3.46. The summed E-state index contributed by atoms with van der Waals surface area (Å²) in [5, 5.41) is 5.15. The van der Waals surface area contributed by atoms with Gasteiger partial charge in [-0.25, -0.2) is 0 Å². The van der Waals surface area contributed by atoms with Crippen LogP contribution in [0.5, 0.6) is 5.75 Å². The third-order valence-corrected chi connectivity index (χ3v) is 5.46. The molecule has 2 aromatic carbocycles. The molecule has 0 radical (unpaired) electrons. The van der Waals surface area contributed by atoms with Crippen LogP contribution in [-0.2, 0) is 7.05 Å². The summed E-state index contributed by atoms with van der Waals surface area (Å²) in [6.45, 7) is 2.92. The van der Waals surface area contributed by atoms with Gasteiger partial charge in [0.1, 0.15) is 11.4 Å². The Morgan fingerprint density at radius 1 is 1.03 bits per heavy atom. The number of aryl methyl sites for hydroxylation is 1. The molecule has 0 aliphatic carbocycles. The number of aromatic nitrogens is 2. The average Bonchev–Trinajstić information content (AvgIpc) is 3.15. The molecule has 1 aromatic heterocycles. The molecule has 1 fully saturated rings. The molecule has 0 spiro atoms. The number of nitrogens with zero attached hydrogens (tertiary/aromatic N) is 4. The van der Waals surface area contributed by atoms with E-state index in [1.54, 1.807) is 18.8 Å². The lowest BCUT2D eigenvalue weighted by Crippen LogP contribution is -2.49. The van der Waals surface area contributed by atoms with Crippen LogP contribution in [0.15, 0.2) is 54.6 Å². The lowest BCUT2D eigenvalue weighted by Gasteiger charge is -2.36. The van der Waals surface area contributed by atoms with Crippen molar-refractivity contribution in [3.8, 4) is 17.0 Å². The van der Waals surface area contributed by atoms with Gasteiger partial charge in [0, 0.05) is 49.5 Å². The quantitative estimate of drug-likeness (QED) is 0.658. The van der Waals surface area contributed by atoms with Gasteiger partial charge in [-0.15, -0.1) is 0 Å². The van der Waals surface area contributed by atoms with Crippen LogP contribution in [0.4, 0.5) is 5.69 Å². The number of amides is 1. The van der Waals surface area contributed by atoms with E-state index in [2.05, 4.69) is 22.1 Å². The molecule has 0 atom stereocenters. The van der Waals surface area contributed by atoms with Crippen molar-refractivity contribution in [3.05, 3.63) is 65.3 Å². The van der Waals surface area contributed by atoms with Crippen molar-refractivity contribution in [1.29, 1.82) is 0 Å². The highest BCUT2D eigenvalue weighted by Crippen LogP contribution is 2.24. The van der Waals surface area contributed by atoms with Gasteiger partial charge in [0.25, 0.3) is 5.91 Å². The number of halogens is 1. The number of carbonyl (C=O) groups excluding carboxylic acids is 1. The molecule has 0 bridgehead atoms. The monoisotopic (exact) mass is 410 g/mol. The van der Waals surface area contributed by atoms with Gasteiger partial charge in [0.2, 0.25) is 0 Å². The number of hydrogen-bond donors (Lipinski definition) is 0. The fourth-order valence-corrected chi connectivity index (χ4v) is 3.77. The normalized spacial score (nSPS) is 14.2. The second-order valence-corrected chi connectivity index (χ2v) is 7.46. The van der Waals surface area contributed by atoms with Crippen molar-refractivity contribution < 1.29 is 9.53 Å². The minimum atomic E-state index is 0.00246. The van der Waals surface area contributed by atoms with E-state index in [1.165, 1.54) is 0 Å². The Morgan fingerprint density at radius 3 is 2.41 bits per heavy atom. The van der Waals surface area contributed by atoms with E-state index in [0.717, 1.165) is 35.8 Å². The Bertz CT molecular complexity index is 1010. The highest BCUT2D eigenvalue weighted by molar-refractivity contribution is 6.30. The predicted molar refractivity (Wildman–Crippen MR) is 115 cm³/mol. The maximum Gasteiger partial charge on any atom is 0.272 e. The SMILES string of the molecule is COc1ccc(N2CCN(C(=O)c3cc(-c4cccc(Cl)c4)nn3C)CC2)cc1. The molecule has 6 nitrogen and oxygen atoms in total. The summed E-state index contributed by atoms with van der Waals surface area (Å²) in [6, 6.07) is 17.4. The Balaban J connectivity index is 1.44. The lowest BCUT2D eigenvalue weighted by atomic mass is 10.1. The van der Waals surface area contributed by atoms with Crippen LogP contribution in [0, 0.1) is 0 Å². The van der Waals surface area contributed by atoms with Crippen molar-refractivity contribution in [1.82, 2.24) is 14.7 Å². The molecule has 0 saturated carbocycles. The number of rotatable bonds is 4. The zero-order chi connectivity index (χ0) is 20.4. The smallest absolute Gasteiger partial charge is 0.272 e. The maximum absolute atomic E-state index is 13.1. The molecule has 2 heterocycles. The Morgan fingerprint density at radius 2 is 1.76 bits per heavy atom. The fourth-order valence-electron chi connectivity index (χ4n) is 3.58. The van der Waals surface area contributed by atoms with Crippen molar-refractivity contribution in [2.45, 2.75) is 0 Å². The molecule has 1 aliphatic heterocycles. The number of anilines is 1. The number of piperazine rings is 1. The Labute approximate surface area is 175 Å². The second kappa shape index (κ2) is 8.17. The molecule has 3 aromatic rings.